The van der Waals surface area contributed by atoms with Crippen LogP contribution in [0.25, 0.3) is 0 Å². The number of aliphatic hydroxyl groups excluding tert-OH is 2. The van der Waals surface area contributed by atoms with Gasteiger partial charge >= 0.3 is 0 Å². The summed E-state index contributed by atoms with van der Waals surface area (Å²) in [6, 6.07) is 6.32. The van der Waals surface area contributed by atoms with Crippen molar-refractivity contribution < 1.29 is 19.3 Å². The number of ether oxygens (including phenoxy) is 1. The van der Waals surface area contributed by atoms with Gasteiger partial charge in [0.1, 0.15) is 5.82 Å². The topological polar surface area (TPSA) is 49.7 Å². The Morgan fingerprint density at radius 1 is 1.27 bits per heavy atom. The summed E-state index contributed by atoms with van der Waals surface area (Å²) in [5.74, 6) is -0.321. The zero-order chi connectivity index (χ0) is 11.1. The molecular formula is C11H15FO3. The van der Waals surface area contributed by atoms with Gasteiger partial charge in [-0.2, -0.15) is 0 Å². The Bertz CT molecular complexity index is 291. The number of hydrogen-bond acceptors (Lipinski definition) is 3. The Kier molecular flexibility index (Phi) is 5.25. The summed E-state index contributed by atoms with van der Waals surface area (Å²) in [6.45, 7) is -0.116. The van der Waals surface area contributed by atoms with Crippen LogP contribution in [0.2, 0.25) is 0 Å². The SMILES string of the molecule is OCCC(CO)OCc1ccccc1F. The van der Waals surface area contributed by atoms with E-state index in [1.165, 1.54) is 6.07 Å². The standard InChI is InChI=1S/C11H15FO3/c12-11-4-2-1-3-9(11)8-15-10(7-14)5-6-13/h1-4,10,13-14H,5-8H2. The van der Waals surface area contributed by atoms with Crippen LogP contribution in [0.5, 0.6) is 0 Å². The maximum atomic E-state index is 13.1. The lowest BCUT2D eigenvalue weighted by Gasteiger charge is -2.14. The average molecular weight is 214 g/mol. The van der Waals surface area contributed by atoms with Crippen molar-refractivity contribution in [2.75, 3.05) is 13.2 Å². The lowest BCUT2D eigenvalue weighted by molar-refractivity contribution is -0.0114. The van der Waals surface area contributed by atoms with Crippen LogP contribution >= 0.6 is 0 Å². The van der Waals surface area contributed by atoms with E-state index in [1.807, 2.05) is 0 Å². The molecule has 0 fully saturated rings. The Hall–Kier alpha value is -0.970. The van der Waals surface area contributed by atoms with Crippen molar-refractivity contribution in [3.8, 4) is 0 Å². The quantitative estimate of drug-likeness (QED) is 0.745. The lowest BCUT2D eigenvalue weighted by Crippen LogP contribution is -2.19. The molecule has 1 unspecified atom stereocenters. The molecule has 0 radical (unpaired) electrons. The Morgan fingerprint density at radius 3 is 2.60 bits per heavy atom. The molecule has 1 atom stereocenters. The van der Waals surface area contributed by atoms with Crippen LogP contribution in [0.1, 0.15) is 12.0 Å². The third-order valence-corrected chi connectivity index (χ3v) is 2.09. The number of aliphatic hydroxyl groups is 2. The third kappa shape index (κ3) is 3.95. The molecular weight excluding hydrogens is 199 g/mol. The van der Waals surface area contributed by atoms with Crippen LogP contribution in [0, 0.1) is 5.82 Å². The monoisotopic (exact) mass is 214 g/mol. The molecule has 0 aliphatic heterocycles. The van der Waals surface area contributed by atoms with Crippen molar-refractivity contribution in [3.63, 3.8) is 0 Å². The maximum Gasteiger partial charge on any atom is 0.128 e. The van der Waals surface area contributed by atoms with Gasteiger partial charge in [0.25, 0.3) is 0 Å². The van der Waals surface area contributed by atoms with Gasteiger partial charge in [-0.1, -0.05) is 18.2 Å². The molecule has 15 heavy (non-hydrogen) atoms. The predicted molar refractivity (Wildman–Crippen MR) is 53.8 cm³/mol. The number of rotatable bonds is 6. The van der Waals surface area contributed by atoms with E-state index in [9.17, 15) is 4.39 Å². The van der Waals surface area contributed by atoms with Gasteiger partial charge in [0.2, 0.25) is 0 Å². The second-order valence-corrected chi connectivity index (χ2v) is 3.22. The van der Waals surface area contributed by atoms with Crippen LogP contribution in [0.4, 0.5) is 4.39 Å². The van der Waals surface area contributed by atoms with Gasteiger partial charge in [0, 0.05) is 12.2 Å². The Labute approximate surface area is 88.1 Å². The molecule has 0 saturated carbocycles. The first-order valence-corrected chi connectivity index (χ1v) is 4.84. The zero-order valence-electron chi connectivity index (χ0n) is 8.40. The van der Waals surface area contributed by atoms with Gasteiger partial charge in [-0.25, -0.2) is 4.39 Å². The van der Waals surface area contributed by atoms with Crippen molar-refractivity contribution in [1.29, 1.82) is 0 Å². The summed E-state index contributed by atoms with van der Waals surface area (Å²) < 4.78 is 18.4. The van der Waals surface area contributed by atoms with E-state index < -0.39 is 6.10 Å². The van der Waals surface area contributed by atoms with Crippen LogP contribution in [0.15, 0.2) is 24.3 Å². The highest BCUT2D eigenvalue weighted by molar-refractivity contribution is 5.16. The highest BCUT2D eigenvalue weighted by Gasteiger charge is 2.08. The molecule has 0 aliphatic rings. The van der Waals surface area contributed by atoms with Crippen molar-refractivity contribution in [3.05, 3.63) is 35.6 Å². The molecule has 1 aromatic carbocycles. The fourth-order valence-electron chi connectivity index (χ4n) is 1.19. The molecule has 0 aliphatic carbocycles. The molecule has 0 heterocycles. The fourth-order valence-corrected chi connectivity index (χ4v) is 1.19. The molecule has 0 bridgehead atoms. The minimum atomic E-state index is -0.436. The first-order valence-electron chi connectivity index (χ1n) is 4.84. The van der Waals surface area contributed by atoms with Crippen molar-refractivity contribution in [1.82, 2.24) is 0 Å². The summed E-state index contributed by atoms with van der Waals surface area (Å²) in [5, 5.41) is 17.5. The Balaban J connectivity index is 2.45. The van der Waals surface area contributed by atoms with E-state index >= 15 is 0 Å². The minimum absolute atomic E-state index is 0.0531. The summed E-state index contributed by atoms with van der Waals surface area (Å²) in [4.78, 5) is 0. The summed E-state index contributed by atoms with van der Waals surface area (Å²) >= 11 is 0. The molecule has 0 spiro atoms. The van der Waals surface area contributed by atoms with Gasteiger partial charge in [-0.05, 0) is 12.5 Å². The molecule has 1 aromatic rings. The van der Waals surface area contributed by atoms with Crippen molar-refractivity contribution in [2.24, 2.45) is 0 Å². The zero-order valence-corrected chi connectivity index (χ0v) is 8.40. The number of benzene rings is 1. The second-order valence-electron chi connectivity index (χ2n) is 3.22. The van der Waals surface area contributed by atoms with Crippen LogP contribution in [0.3, 0.4) is 0 Å². The van der Waals surface area contributed by atoms with E-state index in [0.29, 0.717) is 12.0 Å². The Morgan fingerprint density at radius 2 is 2.00 bits per heavy atom. The van der Waals surface area contributed by atoms with E-state index in [0.717, 1.165) is 0 Å². The summed E-state index contributed by atoms with van der Waals surface area (Å²) in [7, 11) is 0. The van der Waals surface area contributed by atoms with E-state index in [1.54, 1.807) is 18.2 Å². The number of halogens is 1. The largest absolute Gasteiger partial charge is 0.396 e. The third-order valence-electron chi connectivity index (χ3n) is 2.09. The van der Waals surface area contributed by atoms with E-state index in [-0.39, 0.29) is 25.6 Å². The molecule has 0 saturated heterocycles. The van der Waals surface area contributed by atoms with Gasteiger partial charge in [0.05, 0.1) is 19.3 Å². The lowest BCUT2D eigenvalue weighted by atomic mass is 10.2. The molecule has 84 valence electrons. The summed E-state index contributed by atoms with van der Waals surface area (Å²) in [5.41, 5.74) is 0.453. The smallest absolute Gasteiger partial charge is 0.128 e. The molecule has 4 heteroatoms. The minimum Gasteiger partial charge on any atom is -0.396 e. The highest BCUT2D eigenvalue weighted by Crippen LogP contribution is 2.09. The molecule has 1 rings (SSSR count). The van der Waals surface area contributed by atoms with Gasteiger partial charge in [-0.15, -0.1) is 0 Å². The van der Waals surface area contributed by atoms with E-state index in [4.69, 9.17) is 14.9 Å². The van der Waals surface area contributed by atoms with Crippen LogP contribution < -0.4 is 0 Å². The second kappa shape index (κ2) is 6.50. The highest BCUT2D eigenvalue weighted by atomic mass is 19.1. The van der Waals surface area contributed by atoms with Crippen LogP contribution in [-0.2, 0) is 11.3 Å². The average Bonchev–Trinajstić information content (AvgIpc) is 2.26. The normalized spacial score (nSPS) is 12.7. The van der Waals surface area contributed by atoms with Crippen molar-refractivity contribution >= 4 is 0 Å². The van der Waals surface area contributed by atoms with Crippen LogP contribution in [-0.4, -0.2) is 29.5 Å². The summed E-state index contributed by atoms with van der Waals surface area (Å²) in [6.07, 6.45) is -0.0834. The molecule has 3 nitrogen and oxygen atoms in total. The molecule has 0 amide bonds. The predicted octanol–water partition coefficient (Wildman–Crippen LogP) is 1.09. The molecule has 0 aromatic heterocycles. The van der Waals surface area contributed by atoms with E-state index in [2.05, 4.69) is 0 Å². The van der Waals surface area contributed by atoms with Gasteiger partial charge in [-0.3, -0.25) is 0 Å². The number of hydrogen-bond donors (Lipinski definition) is 2. The maximum absolute atomic E-state index is 13.1. The first-order chi connectivity index (χ1) is 7.27. The fraction of sp³-hybridized carbons (Fsp3) is 0.455. The first kappa shape index (κ1) is 12.1. The van der Waals surface area contributed by atoms with Gasteiger partial charge in [0.15, 0.2) is 0 Å². The van der Waals surface area contributed by atoms with Crippen molar-refractivity contribution in [2.45, 2.75) is 19.1 Å². The molecule has 2 N–H and O–H groups in total. The van der Waals surface area contributed by atoms with Gasteiger partial charge < -0.3 is 14.9 Å².